The second-order valence-corrected chi connectivity index (χ2v) is 3.72. The molecule has 0 radical (unpaired) electrons. The molecule has 1 aromatic rings. The fourth-order valence-corrected chi connectivity index (χ4v) is 1.96. The van der Waals surface area contributed by atoms with E-state index in [1.807, 2.05) is 0 Å². The van der Waals surface area contributed by atoms with Gasteiger partial charge in [0, 0.05) is 0 Å². The van der Waals surface area contributed by atoms with Gasteiger partial charge in [0.15, 0.2) is 0 Å². The summed E-state index contributed by atoms with van der Waals surface area (Å²) in [7, 11) is 0. The van der Waals surface area contributed by atoms with Crippen molar-refractivity contribution in [2.75, 3.05) is 0 Å². The van der Waals surface area contributed by atoms with Crippen molar-refractivity contribution in [2.45, 2.75) is 25.7 Å². The van der Waals surface area contributed by atoms with E-state index in [0.717, 1.165) is 24.8 Å². The van der Waals surface area contributed by atoms with Gasteiger partial charge in [-0.25, -0.2) is 0 Å². The minimum Gasteiger partial charge on any atom is -0.425 e. The Balaban J connectivity index is 2.68. The molecule has 0 aliphatic heterocycles. The van der Waals surface area contributed by atoms with E-state index >= 15 is 0 Å². The zero-order valence-corrected chi connectivity index (χ0v) is 8.19. The van der Waals surface area contributed by atoms with Crippen LogP contribution in [0.1, 0.15) is 34.5 Å². The van der Waals surface area contributed by atoms with Crippen LogP contribution in [0, 0.1) is 0 Å². The number of rotatable bonds is 1. The first-order valence-corrected chi connectivity index (χ1v) is 4.88. The number of nitrogens with zero attached hydrogens (tertiary/aromatic N) is 1. The lowest BCUT2D eigenvalue weighted by molar-refractivity contribution is 0.0989. The van der Waals surface area contributed by atoms with Crippen molar-refractivity contribution in [3.8, 4) is 0 Å². The van der Waals surface area contributed by atoms with E-state index in [4.69, 9.17) is 5.73 Å². The van der Waals surface area contributed by atoms with E-state index < -0.39 is 11.5 Å². The van der Waals surface area contributed by atoms with Crippen LogP contribution in [0.3, 0.4) is 0 Å². The zero-order chi connectivity index (χ0) is 11.0. The molecule has 1 amide bonds. The lowest BCUT2D eigenvalue weighted by atomic mass is 9.95. The van der Waals surface area contributed by atoms with Crippen LogP contribution in [0.25, 0.3) is 0 Å². The smallest absolute Gasteiger partial charge is 0.295 e. The number of pyridine rings is 1. The normalized spacial score (nSPS) is 14.7. The molecule has 0 unspecified atom stereocenters. The second kappa shape index (κ2) is 3.42. The Hall–Kier alpha value is -1.78. The molecule has 1 heterocycles. The number of fused-ring (bicyclic) bond motifs is 1. The monoisotopic (exact) mass is 208 g/mol. The highest BCUT2D eigenvalue weighted by Gasteiger charge is 2.19. The van der Waals surface area contributed by atoms with Crippen molar-refractivity contribution in [2.24, 2.45) is 5.73 Å². The summed E-state index contributed by atoms with van der Waals surface area (Å²) in [4.78, 5) is 22.5. The van der Waals surface area contributed by atoms with Crippen LogP contribution in [0.4, 0.5) is 0 Å². The lowest BCUT2D eigenvalue weighted by Gasteiger charge is -2.17. The van der Waals surface area contributed by atoms with Crippen molar-refractivity contribution in [3.05, 3.63) is 33.2 Å². The van der Waals surface area contributed by atoms with E-state index in [1.165, 1.54) is 6.07 Å². The quantitative estimate of drug-likeness (QED) is 0.640. The van der Waals surface area contributed by atoms with Gasteiger partial charge in [0.25, 0.3) is 11.5 Å². The molecular formula is C10H12N2O3. The van der Waals surface area contributed by atoms with E-state index in [9.17, 15) is 14.8 Å². The van der Waals surface area contributed by atoms with Gasteiger partial charge in [0.2, 0.25) is 0 Å². The molecule has 5 nitrogen and oxygen atoms in total. The molecule has 2 rings (SSSR count). The molecule has 0 aromatic carbocycles. The first-order valence-electron chi connectivity index (χ1n) is 4.88. The van der Waals surface area contributed by atoms with Gasteiger partial charge in [-0.1, -0.05) is 0 Å². The third-order valence-electron chi connectivity index (χ3n) is 2.74. The number of nitrogens with two attached hydrogens (primary N) is 1. The molecular weight excluding hydrogens is 196 g/mol. The Kier molecular flexibility index (Phi) is 2.22. The molecule has 0 atom stereocenters. The van der Waals surface area contributed by atoms with Gasteiger partial charge >= 0.3 is 0 Å². The van der Waals surface area contributed by atoms with E-state index in [-0.39, 0.29) is 5.56 Å². The van der Waals surface area contributed by atoms with Crippen LogP contribution >= 0.6 is 0 Å². The standard InChI is InChI=1S/C10H12N2O3/c11-9(13)7-5-6-3-1-2-4-8(6)12(15)10(7)14/h5,15H,1-4H2,(H2,11,13). The summed E-state index contributed by atoms with van der Waals surface area (Å²) in [5, 5.41) is 9.57. The van der Waals surface area contributed by atoms with E-state index in [1.54, 1.807) is 0 Å². The number of aryl methyl sites for hydroxylation is 1. The Morgan fingerprint density at radius 1 is 1.40 bits per heavy atom. The average molecular weight is 208 g/mol. The molecule has 1 aliphatic rings. The maximum absolute atomic E-state index is 11.5. The first kappa shape index (κ1) is 9.76. The number of aromatic nitrogens is 1. The van der Waals surface area contributed by atoms with Gasteiger partial charge in [0.1, 0.15) is 5.56 Å². The number of carbonyl (C=O) groups is 1. The van der Waals surface area contributed by atoms with Crippen molar-refractivity contribution < 1.29 is 10.0 Å². The summed E-state index contributed by atoms with van der Waals surface area (Å²) < 4.78 is 0.564. The van der Waals surface area contributed by atoms with Crippen LogP contribution in [-0.2, 0) is 12.8 Å². The summed E-state index contributed by atoms with van der Waals surface area (Å²) in [5.41, 5.74) is 5.65. The van der Waals surface area contributed by atoms with Crippen molar-refractivity contribution in [1.29, 1.82) is 0 Å². The van der Waals surface area contributed by atoms with Gasteiger partial charge in [-0.15, -0.1) is 0 Å². The van der Waals surface area contributed by atoms with E-state index in [2.05, 4.69) is 0 Å². The van der Waals surface area contributed by atoms with Crippen LogP contribution < -0.4 is 11.3 Å². The average Bonchev–Trinajstić information content (AvgIpc) is 2.23. The number of primary amides is 1. The van der Waals surface area contributed by atoms with Gasteiger partial charge in [-0.05, 0) is 37.3 Å². The topological polar surface area (TPSA) is 85.3 Å². The highest BCUT2D eigenvalue weighted by Crippen LogP contribution is 2.19. The van der Waals surface area contributed by atoms with Crippen LogP contribution in [-0.4, -0.2) is 15.8 Å². The highest BCUT2D eigenvalue weighted by atomic mass is 16.5. The Morgan fingerprint density at radius 3 is 2.73 bits per heavy atom. The fraction of sp³-hybridized carbons (Fsp3) is 0.400. The largest absolute Gasteiger partial charge is 0.425 e. The van der Waals surface area contributed by atoms with Gasteiger partial charge in [-0.2, -0.15) is 4.73 Å². The summed E-state index contributed by atoms with van der Waals surface area (Å²) in [6.45, 7) is 0. The predicted octanol–water partition coefficient (Wildman–Crippen LogP) is 0.0633. The molecule has 15 heavy (non-hydrogen) atoms. The molecule has 0 saturated carbocycles. The molecule has 0 bridgehead atoms. The third-order valence-corrected chi connectivity index (χ3v) is 2.74. The summed E-state index contributed by atoms with van der Waals surface area (Å²) in [5.74, 6) is -0.795. The van der Waals surface area contributed by atoms with Gasteiger partial charge < -0.3 is 10.9 Å². The first-order chi connectivity index (χ1) is 7.11. The van der Waals surface area contributed by atoms with Crippen LogP contribution in [0.15, 0.2) is 10.9 Å². The third kappa shape index (κ3) is 1.49. The molecule has 0 spiro atoms. The SMILES string of the molecule is NC(=O)c1cc2c(n(O)c1=O)CCCC2. The maximum Gasteiger partial charge on any atom is 0.295 e. The van der Waals surface area contributed by atoms with Crippen molar-refractivity contribution in [3.63, 3.8) is 0 Å². The number of hydrogen-bond donors (Lipinski definition) is 2. The number of amides is 1. The predicted molar refractivity (Wildman–Crippen MR) is 53.0 cm³/mol. The summed E-state index contributed by atoms with van der Waals surface area (Å²) in [6, 6.07) is 1.51. The number of hydrogen-bond acceptors (Lipinski definition) is 3. The summed E-state index contributed by atoms with van der Waals surface area (Å²) in [6.07, 6.45) is 3.39. The van der Waals surface area contributed by atoms with Crippen molar-refractivity contribution in [1.82, 2.24) is 4.73 Å². The van der Waals surface area contributed by atoms with Crippen molar-refractivity contribution >= 4 is 5.91 Å². The van der Waals surface area contributed by atoms with Crippen LogP contribution in [0.2, 0.25) is 0 Å². The maximum atomic E-state index is 11.5. The Bertz CT molecular complexity index is 476. The molecule has 1 aromatic heterocycles. The minimum atomic E-state index is -0.795. The van der Waals surface area contributed by atoms with Gasteiger partial charge in [0.05, 0.1) is 5.69 Å². The highest BCUT2D eigenvalue weighted by molar-refractivity contribution is 5.92. The Morgan fingerprint density at radius 2 is 2.07 bits per heavy atom. The van der Waals surface area contributed by atoms with Crippen LogP contribution in [0.5, 0.6) is 0 Å². The lowest BCUT2D eigenvalue weighted by Crippen LogP contribution is -2.32. The zero-order valence-electron chi connectivity index (χ0n) is 8.19. The molecule has 0 fully saturated rings. The Labute approximate surface area is 86.1 Å². The molecule has 0 saturated heterocycles. The summed E-state index contributed by atoms with van der Waals surface area (Å²) >= 11 is 0. The molecule has 80 valence electrons. The number of carbonyl (C=O) groups excluding carboxylic acids is 1. The van der Waals surface area contributed by atoms with E-state index in [0.29, 0.717) is 16.8 Å². The minimum absolute atomic E-state index is 0.141. The second-order valence-electron chi connectivity index (χ2n) is 3.72. The molecule has 3 N–H and O–H groups in total. The fourth-order valence-electron chi connectivity index (χ4n) is 1.96. The molecule has 5 heteroatoms. The van der Waals surface area contributed by atoms with Gasteiger partial charge in [-0.3, -0.25) is 9.59 Å². The molecule has 1 aliphatic carbocycles.